The minimum Gasteiger partial charge on any atom is -0.303 e. The maximum absolute atomic E-state index is 11.9. The van der Waals surface area contributed by atoms with Crippen molar-refractivity contribution >= 4 is 18.1 Å². The Morgan fingerprint density at radius 2 is 1.71 bits per heavy atom. The Hall–Kier alpha value is -1.97. The summed E-state index contributed by atoms with van der Waals surface area (Å²) in [6.45, 7) is 2.07. The second kappa shape index (κ2) is 4.49. The highest BCUT2D eigenvalue weighted by atomic mass is 16.2. The van der Waals surface area contributed by atoms with Gasteiger partial charge in [-0.15, -0.1) is 0 Å². The number of benzene rings is 1. The molecule has 0 spiro atoms. The number of aldehydes is 1. The minimum absolute atomic E-state index is 0.140. The lowest BCUT2D eigenvalue weighted by Crippen LogP contribution is -2.31. The molecule has 0 saturated heterocycles. The second-order valence-corrected chi connectivity index (χ2v) is 4.21. The van der Waals surface area contributed by atoms with Gasteiger partial charge in [0.2, 0.25) is 0 Å². The number of carbonyl (C=O) groups excluding carboxylic acids is 3. The van der Waals surface area contributed by atoms with Crippen molar-refractivity contribution < 1.29 is 14.4 Å². The molecule has 1 aliphatic heterocycles. The van der Waals surface area contributed by atoms with E-state index in [1.165, 1.54) is 4.90 Å². The molecule has 17 heavy (non-hydrogen) atoms. The average molecular weight is 231 g/mol. The van der Waals surface area contributed by atoms with Gasteiger partial charge in [0.25, 0.3) is 11.8 Å². The van der Waals surface area contributed by atoms with E-state index in [9.17, 15) is 14.4 Å². The molecule has 0 N–H and O–H groups in total. The molecule has 1 heterocycles. The van der Waals surface area contributed by atoms with Gasteiger partial charge in [0, 0.05) is 12.5 Å². The van der Waals surface area contributed by atoms with Crippen LogP contribution >= 0.6 is 0 Å². The standard InChI is InChI=1S/C13H13NO3/c1-9(8-15)6-7-14-12(16)10-4-2-3-5-11(10)13(14)17/h2-5,8-9H,6-7H2,1H3. The van der Waals surface area contributed by atoms with Crippen LogP contribution in [0.2, 0.25) is 0 Å². The van der Waals surface area contributed by atoms with E-state index in [1.807, 2.05) is 0 Å². The predicted molar refractivity (Wildman–Crippen MR) is 61.7 cm³/mol. The first-order valence-electron chi connectivity index (χ1n) is 5.55. The first kappa shape index (κ1) is 11.5. The summed E-state index contributed by atoms with van der Waals surface area (Å²) in [7, 11) is 0. The Balaban J connectivity index is 2.16. The molecule has 1 atom stereocenters. The Kier molecular flexibility index (Phi) is 3.04. The number of fused-ring (bicyclic) bond motifs is 1. The van der Waals surface area contributed by atoms with Crippen LogP contribution in [0.4, 0.5) is 0 Å². The van der Waals surface area contributed by atoms with Gasteiger partial charge < -0.3 is 4.79 Å². The monoisotopic (exact) mass is 231 g/mol. The molecule has 0 aromatic heterocycles. The Bertz CT molecular complexity index is 446. The Morgan fingerprint density at radius 1 is 1.18 bits per heavy atom. The van der Waals surface area contributed by atoms with E-state index >= 15 is 0 Å². The van der Waals surface area contributed by atoms with Gasteiger partial charge >= 0.3 is 0 Å². The molecular formula is C13H13NO3. The highest BCUT2D eigenvalue weighted by Crippen LogP contribution is 2.22. The molecule has 2 amide bonds. The van der Waals surface area contributed by atoms with Gasteiger partial charge in [-0.1, -0.05) is 19.1 Å². The summed E-state index contributed by atoms with van der Waals surface area (Å²) in [4.78, 5) is 35.6. The lowest BCUT2D eigenvalue weighted by molar-refractivity contribution is -0.110. The van der Waals surface area contributed by atoms with E-state index < -0.39 is 0 Å². The summed E-state index contributed by atoms with van der Waals surface area (Å²) < 4.78 is 0. The van der Waals surface area contributed by atoms with Crippen molar-refractivity contribution in [1.29, 1.82) is 0 Å². The molecule has 1 aliphatic rings. The first-order valence-corrected chi connectivity index (χ1v) is 5.55. The van der Waals surface area contributed by atoms with Crippen molar-refractivity contribution in [3.63, 3.8) is 0 Å². The van der Waals surface area contributed by atoms with E-state index in [-0.39, 0.29) is 17.7 Å². The van der Waals surface area contributed by atoms with E-state index in [0.717, 1.165) is 6.29 Å². The summed E-state index contributed by atoms with van der Waals surface area (Å²) in [6.07, 6.45) is 1.34. The maximum atomic E-state index is 11.9. The van der Waals surface area contributed by atoms with Crippen molar-refractivity contribution in [2.45, 2.75) is 13.3 Å². The topological polar surface area (TPSA) is 54.5 Å². The van der Waals surface area contributed by atoms with Crippen molar-refractivity contribution in [1.82, 2.24) is 4.90 Å². The maximum Gasteiger partial charge on any atom is 0.261 e. The molecule has 2 rings (SSSR count). The number of rotatable bonds is 4. The van der Waals surface area contributed by atoms with Gasteiger partial charge in [-0.05, 0) is 18.6 Å². The van der Waals surface area contributed by atoms with E-state index in [1.54, 1.807) is 31.2 Å². The molecule has 0 aliphatic carbocycles. The molecule has 0 radical (unpaired) electrons. The van der Waals surface area contributed by atoms with Crippen LogP contribution in [-0.2, 0) is 4.79 Å². The zero-order chi connectivity index (χ0) is 12.4. The van der Waals surface area contributed by atoms with Crippen molar-refractivity contribution in [3.05, 3.63) is 35.4 Å². The van der Waals surface area contributed by atoms with Gasteiger partial charge in [0.05, 0.1) is 11.1 Å². The Morgan fingerprint density at radius 3 is 2.18 bits per heavy atom. The predicted octanol–water partition coefficient (Wildman–Crippen LogP) is 1.51. The second-order valence-electron chi connectivity index (χ2n) is 4.21. The van der Waals surface area contributed by atoms with Crippen LogP contribution in [0.15, 0.2) is 24.3 Å². The van der Waals surface area contributed by atoms with Crippen LogP contribution in [0.3, 0.4) is 0 Å². The SMILES string of the molecule is CC(C=O)CCN1C(=O)c2ccccc2C1=O. The third kappa shape index (κ3) is 1.98. The van der Waals surface area contributed by atoms with Crippen LogP contribution in [0.5, 0.6) is 0 Å². The van der Waals surface area contributed by atoms with Crippen LogP contribution in [-0.4, -0.2) is 29.5 Å². The van der Waals surface area contributed by atoms with Gasteiger partial charge in [-0.2, -0.15) is 0 Å². The molecule has 0 bridgehead atoms. The molecular weight excluding hydrogens is 218 g/mol. The van der Waals surface area contributed by atoms with E-state index in [4.69, 9.17) is 0 Å². The van der Waals surface area contributed by atoms with E-state index in [2.05, 4.69) is 0 Å². The van der Waals surface area contributed by atoms with Gasteiger partial charge in [0.15, 0.2) is 0 Å². The quantitative estimate of drug-likeness (QED) is 0.583. The molecule has 88 valence electrons. The Labute approximate surface area is 99.2 Å². The first-order chi connectivity index (χ1) is 8.15. The summed E-state index contributed by atoms with van der Waals surface area (Å²) in [5, 5.41) is 0. The number of amides is 2. The zero-order valence-electron chi connectivity index (χ0n) is 9.55. The van der Waals surface area contributed by atoms with Crippen LogP contribution < -0.4 is 0 Å². The summed E-state index contributed by atoms with van der Waals surface area (Å²) in [5.41, 5.74) is 0.910. The fourth-order valence-corrected chi connectivity index (χ4v) is 1.84. The molecule has 4 heteroatoms. The minimum atomic E-state index is -0.260. The highest BCUT2D eigenvalue weighted by molar-refractivity contribution is 6.21. The van der Waals surface area contributed by atoms with Crippen molar-refractivity contribution in [2.75, 3.05) is 6.54 Å². The van der Waals surface area contributed by atoms with Crippen LogP contribution in [0.25, 0.3) is 0 Å². The largest absolute Gasteiger partial charge is 0.303 e. The van der Waals surface area contributed by atoms with Crippen molar-refractivity contribution in [3.8, 4) is 0 Å². The van der Waals surface area contributed by atoms with Crippen LogP contribution in [0.1, 0.15) is 34.1 Å². The molecule has 4 nitrogen and oxygen atoms in total. The van der Waals surface area contributed by atoms with Gasteiger partial charge in [-0.3, -0.25) is 14.5 Å². The number of hydrogen-bond donors (Lipinski definition) is 0. The number of imide groups is 1. The summed E-state index contributed by atoms with van der Waals surface area (Å²) in [6, 6.07) is 6.78. The third-order valence-corrected chi connectivity index (χ3v) is 2.92. The summed E-state index contributed by atoms with van der Waals surface area (Å²) >= 11 is 0. The zero-order valence-corrected chi connectivity index (χ0v) is 9.55. The van der Waals surface area contributed by atoms with Gasteiger partial charge in [-0.25, -0.2) is 0 Å². The summed E-state index contributed by atoms with van der Waals surface area (Å²) in [5.74, 6) is -0.660. The molecule has 0 fully saturated rings. The number of nitrogens with zero attached hydrogens (tertiary/aromatic N) is 1. The smallest absolute Gasteiger partial charge is 0.261 e. The molecule has 1 aromatic carbocycles. The van der Waals surface area contributed by atoms with E-state index in [0.29, 0.717) is 24.1 Å². The third-order valence-electron chi connectivity index (χ3n) is 2.92. The average Bonchev–Trinajstić information content (AvgIpc) is 2.60. The van der Waals surface area contributed by atoms with Crippen molar-refractivity contribution in [2.24, 2.45) is 5.92 Å². The lowest BCUT2D eigenvalue weighted by atomic mass is 10.1. The lowest BCUT2D eigenvalue weighted by Gasteiger charge is -2.14. The van der Waals surface area contributed by atoms with Gasteiger partial charge in [0.1, 0.15) is 6.29 Å². The highest BCUT2D eigenvalue weighted by Gasteiger charge is 2.34. The molecule has 0 saturated carbocycles. The molecule has 1 unspecified atom stereocenters. The fourth-order valence-electron chi connectivity index (χ4n) is 1.84. The molecule has 1 aromatic rings. The van der Waals surface area contributed by atoms with Crippen LogP contribution in [0, 0.1) is 5.92 Å². The normalized spacial score (nSPS) is 15.9. The fraction of sp³-hybridized carbons (Fsp3) is 0.308. The number of hydrogen-bond acceptors (Lipinski definition) is 3. The number of carbonyl (C=O) groups is 3.